The van der Waals surface area contributed by atoms with Gasteiger partial charge >= 0.3 is 5.97 Å². The monoisotopic (exact) mass is 334 g/mol. The van der Waals surface area contributed by atoms with Gasteiger partial charge in [-0.05, 0) is 27.2 Å². The number of allylic oxidation sites excluding steroid dienone is 1. The van der Waals surface area contributed by atoms with Gasteiger partial charge in [0.05, 0.1) is 10.5 Å². The summed E-state index contributed by atoms with van der Waals surface area (Å²) in [4.78, 5) is 27.2. The van der Waals surface area contributed by atoms with Crippen LogP contribution in [0.15, 0.2) is 40.5 Å². The fourth-order valence-electron chi connectivity index (χ4n) is 3.22. The summed E-state index contributed by atoms with van der Waals surface area (Å²) in [5, 5.41) is 21.1. The maximum absolute atomic E-state index is 11.8. The molecule has 0 spiro atoms. The number of aliphatic imine (C=N–C) groups is 1. The summed E-state index contributed by atoms with van der Waals surface area (Å²) in [5.74, 6) is -1.61. The number of rotatable bonds is 4. The lowest BCUT2D eigenvalue weighted by Gasteiger charge is -2.34. The molecule has 0 saturated carbocycles. The minimum Gasteiger partial charge on any atom is -0.478 e. The Morgan fingerprint density at radius 1 is 1.30 bits per heavy atom. The summed E-state index contributed by atoms with van der Waals surface area (Å²) in [6, 6.07) is 6.39. The number of carboxylic acids is 1. The molecular formula is C16H19N2O4P. The number of aliphatic carboxylic acids is 1. The molecule has 0 amide bonds. The van der Waals surface area contributed by atoms with E-state index in [1.165, 1.54) is 6.07 Å². The van der Waals surface area contributed by atoms with Crippen LogP contribution in [0.3, 0.4) is 0 Å². The molecule has 1 N–H and O–H groups in total. The molecule has 1 aromatic carbocycles. The van der Waals surface area contributed by atoms with E-state index >= 15 is 0 Å². The predicted molar refractivity (Wildman–Crippen MR) is 91.8 cm³/mol. The van der Waals surface area contributed by atoms with E-state index < -0.39 is 24.7 Å². The summed E-state index contributed by atoms with van der Waals surface area (Å²) >= 11 is 0. The van der Waals surface area contributed by atoms with Gasteiger partial charge in [-0.25, -0.2) is 4.79 Å². The molecule has 0 aliphatic carbocycles. The van der Waals surface area contributed by atoms with E-state index in [4.69, 9.17) is 0 Å². The first kappa shape index (κ1) is 17.3. The van der Waals surface area contributed by atoms with Gasteiger partial charge < -0.3 is 5.11 Å². The molecule has 0 saturated heterocycles. The van der Waals surface area contributed by atoms with Gasteiger partial charge in [0.1, 0.15) is 0 Å². The number of benzene rings is 1. The molecule has 23 heavy (non-hydrogen) atoms. The van der Waals surface area contributed by atoms with Gasteiger partial charge in [0.25, 0.3) is 5.69 Å². The number of nitrogens with zero attached hydrogens (tertiary/aromatic N) is 2. The Hall–Kier alpha value is -2.07. The Kier molecular flexibility index (Phi) is 4.95. The van der Waals surface area contributed by atoms with Gasteiger partial charge in [-0.3, -0.25) is 15.1 Å². The Morgan fingerprint density at radius 2 is 1.91 bits per heavy atom. The van der Waals surface area contributed by atoms with Crippen molar-refractivity contribution in [1.82, 2.24) is 0 Å². The summed E-state index contributed by atoms with van der Waals surface area (Å²) in [6.07, 6.45) is 0. The van der Waals surface area contributed by atoms with Crippen molar-refractivity contribution in [2.45, 2.75) is 25.4 Å². The second-order valence-corrected chi connectivity index (χ2v) is 8.24. The molecule has 1 aliphatic rings. The van der Waals surface area contributed by atoms with Crippen LogP contribution in [-0.2, 0) is 4.79 Å². The first-order chi connectivity index (χ1) is 10.8. The summed E-state index contributed by atoms with van der Waals surface area (Å²) in [6.45, 7) is 7.61. The fraction of sp³-hybridized carbons (Fsp3) is 0.375. The number of carboxylic acid groups (broad SMARTS) is 1. The highest BCUT2D eigenvalue weighted by molar-refractivity contribution is 7.58. The average molecular weight is 334 g/mol. The van der Waals surface area contributed by atoms with Crippen molar-refractivity contribution in [3.8, 4) is 0 Å². The van der Waals surface area contributed by atoms with Crippen molar-refractivity contribution in [3.63, 3.8) is 0 Å². The van der Waals surface area contributed by atoms with E-state index in [1.54, 1.807) is 25.1 Å². The summed E-state index contributed by atoms with van der Waals surface area (Å²) < 4.78 is 0. The molecule has 2 unspecified atom stereocenters. The zero-order valence-electron chi connectivity index (χ0n) is 13.5. The third-order valence-electron chi connectivity index (χ3n) is 4.04. The van der Waals surface area contributed by atoms with Gasteiger partial charge in [-0.2, -0.15) is 0 Å². The van der Waals surface area contributed by atoms with Crippen LogP contribution in [0.4, 0.5) is 5.69 Å². The molecule has 2 atom stereocenters. The van der Waals surface area contributed by atoms with Gasteiger partial charge in [0, 0.05) is 34.6 Å². The van der Waals surface area contributed by atoms with Gasteiger partial charge in [-0.1, -0.05) is 18.2 Å². The van der Waals surface area contributed by atoms with Crippen molar-refractivity contribution in [3.05, 3.63) is 51.2 Å². The summed E-state index contributed by atoms with van der Waals surface area (Å²) in [7, 11) is -0.574. The van der Waals surface area contributed by atoms with Crippen LogP contribution >= 0.6 is 7.92 Å². The second kappa shape index (κ2) is 6.59. The highest BCUT2D eigenvalue weighted by Crippen LogP contribution is 2.50. The fourth-order valence-corrected chi connectivity index (χ4v) is 4.93. The smallest absolute Gasteiger partial charge is 0.334 e. The van der Waals surface area contributed by atoms with E-state index in [9.17, 15) is 20.0 Å². The third-order valence-corrected chi connectivity index (χ3v) is 5.83. The SMILES string of the molecule is CC1=NC(C)=C(C(=O)O)C(c2ccccc2[N+](=O)[O-])C1P(C)C. The van der Waals surface area contributed by atoms with E-state index in [1.807, 2.05) is 20.3 Å². The Morgan fingerprint density at radius 3 is 2.43 bits per heavy atom. The molecule has 0 fully saturated rings. The lowest BCUT2D eigenvalue weighted by atomic mass is 9.82. The molecular weight excluding hydrogens is 315 g/mol. The molecule has 0 bridgehead atoms. The van der Waals surface area contributed by atoms with E-state index in [0.29, 0.717) is 11.3 Å². The number of carbonyl (C=O) groups is 1. The van der Waals surface area contributed by atoms with Crippen molar-refractivity contribution in [1.29, 1.82) is 0 Å². The zero-order valence-corrected chi connectivity index (χ0v) is 14.4. The zero-order chi connectivity index (χ0) is 17.3. The lowest BCUT2D eigenvalue weighted by molar-refractivity contribution is -0.385. The Labute approximate surface area is 135 Å². The molecule has 1 aromatic rings. The van der Waals surface area contributed by atoms with E-state index in [-0.39, 0.29) is 16.9 Å². The highest BCUT2D eigenvalue weighted by atomic mass is 31.1. The van der Waals surface area contributed by atoms with Crippen molar-refractivity contribution in [2.75, 3.05) is 13.3 Å². The molecule has 6 nitrogen and oxygen atoms in total. The van der Waals surface area contributed by atoms with Crippen molar-refractivity contribution >= 4 is 25.3 Å². The third kappa shape index (κ3) is 3.17. The van der Waals surface area contributed by atoms with E-state index in [2.05, 4.69) is 4.99 Å². The quantitative estimate of drug-likeness (QED) is 0.517. The number of nitro benzene ring substituents is 1. The second-order valence-electron chi connectivity index (χ2n) is 5.76. The number of nitro groups is 1. The summed E-state index contributed by atoms with van der Waals surface area (Å²) in [5.41, 5.74) is 1.70. The minimum absolute atomic E-state index is 0.0411. The molecule has 7 heteroatoms. The minimum atomic E-state index is -1.07. The maximum atomic E-state index is 11.8. The number of hydrogen-bond acceptors (Lipinski definition) is 4. The predicted octanol–water partition coefficient (Wildman–Crippen LogP) is 3.62. The van der Waals surface area contributed by atoms with Crippen LogP contribution in [0.25, 0.3) is 0 Å². The first-order valence-electron chi connectivity index (χ1n) is 7.14. The first-order valence-corrected chi connectivity index (χ1v) is 9.45. The van der Waals surface area contributed by atoms with Crippen LogP contribution in [0, 0.1) is 10.1 Å². The number of para-hydroxylation sites is 1. The molecule has 0 radical (unpaired) electrons. The van der Waals surface area contributed by atoms with Crippen LogP contribution in [-0.4, -0.2) is 40.7 Å². The molecule has 1 aliphatic heterocycles. The lowest BCUT2D eigenvalue weighted by Crippen LogP contribution is -2.33. The van der Waals surface area contributed by atoms with Gasteiger partial charge in [0.2, 0.25) is 0 Å². The average Bonchev–Trinajstić information content (AvgIpc) is 2.45. The van der Waals surface area contributed by atoms with Crippen molar-refractivity contribution < 1.29 is 14.8 Å². The number of hydrogen-bond donors (Lipinski definition) is 1. The highest BCUT2D eigenvalue weighted by Gasteiger charge is 2.41. The van der Waals surface area contributed by atoms with Gasteiger partial charge in [0.15, 0.2) is 0 Å². The largest absolute Gasteiger partial charge is 0.478 e. The molecule has 122 valence electrons. The molecule has 1 heterocycles. The van der Waals surface area contributed by atoms with Crippen LogP contribution < -0.4 is 0 Å². The van der Waals surface area contributed by atoms with Crippen LogP contribution in [0.2, 0.25) is 0 Å². The molecule has 2 rings (SSSR count). The standard InChI is InChI=1S/C16H19N2O4P/c1-9-13(16(19)20)14(15(23(3)4)10(2)17-9)11-7-5-6-8-12(11)18(21)22/h5-8,14-15H,1-4H3,(H,19,20). The van der Waals surface area contributed by atoms with Crippen molar-refractivity contribution in [2.24, 2.45) is 4.99 Å². The molecule has 0 aromatic heterocycles. The van der Waals surface area contributed by atoms with Gasteiger partial charge in [-0.15, -0.1) is 7.92 Å². The van der Waals surface area contributed by atoms with Crippen LogP contribution in [0.1, 0.15) is 25.3 Å². The van der Waals surface area contributed by atoms with Crippen LogP contribution in [0.5, 0.6) is 0 Å². The topological polar surface area (TPSA) is 92.8 Å². The van der Waals surface area contributed by atoms with E-state index in [0.717, 1.165) is 5.71 Å². The Bertz CT molecular complexity index is 725. The normalized spacial score (nSPS) is 21.3. The Balaban J connectivity index is 2.75. The maximum Gasteiger partial charge on any atom is 0.334 e.